The summed E-state index contributed by atoms with van der Waals surface area (Å²) in [6, 6.07) is 7.91. The third kappa shape index (κ3) is 2.48. The first-order chi connectivity index (χ1) is 12.0. The minimum Gasteiger partial charge on any atom is -0.423 e. The highest BCUT2D eigenvalue weighted by atomic mass is 32.1. The van der Waals surface area contributed by atoms with Crippen LogP contribution in [0.1, 0.15) is 5.56 Å². The third-order valence-electron chi connectivity index (χ3n) is 4.22. The molecule has 0 fully saturated rings. The van der Waals surface area contributed by atoms with Crippen LogP contribution in [0.2, 0.25) is 0 Å². The molecule has 0 atom stereocenters. The van der Waals surface area contributed by atoms with Gasteiger partial charge in [0, 0.05) is 22.8 Å². The first kappa shape index (κ1) is 16.0. The molecule has 2 N–H and O–H groups in total. The Labute approximate surface area is 145 Å². The molecule has 6 nitrogen and oxygen atoms in total. The van der Waals surface area contributed by atoms with E-state index in [9.17, 15) is 19.2 Å². The number of hydrogen-bond donors (Lipinski definition) is 2. The van der Waals surface area contributed by atoms with Crippen molar-refractivity contribution < 1.29 is 14.4 Å². The fourth-order valence-corrected chi connectivity index (χ4v) is 4.03. The lowest BCUT2D eigenvalue weighted by atomic mass is 9.90. The van der Waals surface area contributed by atoms with Gasteiger partial charge in [0.25, 0.3) is 5.56 Å². The number of aryl methyl sites for hydroxylation is 1. The predicted molar refractivity (Wildman–Crippen MR) is 95.7 cm³/mol. The Morgan fingerprint density at radius 1 is 1.32 bits per heavy atom. The topological polar surface area (TPSA) is 80.3 Å². The largest absolute Gasteiger partial charge is 0.499 e. The number of fused-ring (bicyclic) bond motifs is 3. The summed E-state index contributed by atoms with van der Waals surface area (Å²) >= 11 is 1.21. The van der Waals surface area contributed by atoms with Crippen LogP contribution in [-0.4, -0.2) is 31.5 Å². The van der Waals surface area contributed by atoms with E-state index in [-0.39, 0.29) is 17.9 Å². The van der Waals surface area contributed by atoms with Gasteiger partial charge in [0.15, 0.2) is 0 Å². The molecule has 4 aromatic rings. The minimum absolute atomic E-state index is 0.0425. The molecule has 0 spiro atoms. The first-order valence-electron chi connectivity index (χ1n) is 7.55. The molecular weight excluding hydrogens is 344 g/mol. The first-order valence-corrected chi connectivity index (χ1v) is 8.36. The molecule has 0 aliphatic heterocycles. The van der Waals surface area contributed by atoms with Gasteiger partial charge in [0.1, 0.15) is 11.3 Å². The van der Waals surface area contributed by atoms with Crippen LogP contribution in [0.4, 0.5) is 4.39 Å². The van der Waals surface area contributed by atoms with Crippen molar-refractivity contribution in [1.29, 1.82) is 0 Å². The molecule has 0 saturated heterocycles. The van der Waals surface area contributed by atoms with E-state index >= 15 is 0 Å². The average molecular weight is 357 g/mol. The molecule has 0 saturated carbocycles. The quantitative estimate of drug-likeness (QED) is 0.532. The van der Waals surface area contributed by atoms with E-state index in [1.54, 1.807) is 42.1 Å². The Bertz CT molecular complexity index is 1160. The Morgan fingerprint density at radius 2 is 2.08 bits per heavy atom. The van der Waals surface area contributed by atoms with E-state index < -0.39 is 7.12 Å². The highest BCUT2D eigenvalue weighted by Crippen LogP contribution is 2.29. The van der Waals surface area contributed by atoms with Crippen LogP contribution >= 0.6 is 11.3 Å². The summed E-state index contributed by atoms with van der Waals surface area (Å²) in [5.41, 5.74) is 1.24. The molecule has 9 heteroatoms. The zero-order valence-corrected chi connectivity index (χ0v) is 14.0. The number of rotatable bonds is 3. The maximum atomic E-state index is 13.8. The van der Waals surface area contributed by atoms with Gasteiger partial charge in [-0.05, 0) is 12.1 Å². The van der Waals surface area contributed by atoms with Crippen LogP contribution in [0.25, 0.3) is 21.1 Å². The smallest absolute Gasteiger partial charge is 0.423 e. The van der Waals surface area contributed by atoms with Crippen LogP contribution in [0.5, 0.6) is 0 Å². The minimum atomic E-state index is -1.55. The van der Waals surface area contributed by atoms with Crippen LogP contribution in [0.15, 0.2) is 41.3 Å². The van der Waals surface area contributed by atoms with Crippen molar-refractivity contribution in [3.05, 3.63) is 58.3 Å². The van der Waals surface area contributed by atoms with E-state index in [1.807, 2.05) is 0 Å². The molecule has 4 rings (SSSR count). The second kappa shape index (κ2) is 5.80. The molecule has 0 unspecified atom stereocenters. The van der Waals surface area contributed by atoms with Crippen LogP contribution < -0.4 is 10.3 Å². The van der Waals surface area contributed by atoms with Crippen molar-refractivity contribution >= 4 is 44.4 Å². The third-order valence-corrected chi connectivity index (χ3v) is 5.42. The fraction of sp³-hybridized carbons (Fsp3) is 0.125. The van der Waals surface area contributed by atoms with Gasteiger partial charge in [-0.1, -0.05) is 18.2 Å². The molecular formula is C16H13BFN3O3S. The lowest BCUT2D eigenvalue weighted by Crippen LogP contribution is -2.27. The highest BCUT2D eigenvalue weighted by molar-refractivity contribution is 7.28. The van der Waals surface area contributed by atoms with Crippen LogP contribution in [-0.2, 0) is 13.6 Å². The number of hydrogen-bond acceptors (Lipinski definition) is 5. The van der Waals surface area contributed by atoms with Crippen molar-refractivity contribution in [3.8, 4) is 0 Å². The van der Waals surface area contributed by atoms with E-state index in [0.29, 0.717) is 21.2 Å². The molecule has 126 valence electrons. The van der Waals surface area contributed by atoms with Gasteiger partial charge < -0.3 is 14.6 Å². The summed E-state index contributed by atoms with van der Waals surface area (Å²) in [7, 11) is 0.182. The van der Waals surface area contributed by atoms with Gasteiger partial charge in [-0.3, -0.25) is 4.79 Å². The normalized spacial score (nSPS) is 11.5. The van der Waals surface area contributed by atoms with Crippen molar-refractivity contribution in [3.63, 3.8) is 0 Å². The summed E-state index contributed by atoms with van der Waals surface area (Å²) in [6.07, 6.45) is 1.56. The standard InChI is InChI=1S/C16H13BFN3O3S/c1-20-12-6-13(17(23)24)25-15(12)10-7-19-21(16(22)14(10)20)8-9-4-2-3-5-11(9)18/h2-7,23-24H,8H2,1H3. The SMILES string of the molecule is Cn1c2cc(B(O)O)sc2c2cnn(Cc3ccccc3F)c(=O)c21. The Kier molecular flexibility index (Phi) is 3.71. The van der Waals surface area contributed by atoms with Gasteiger partial charge in [0.2, 0.25) is 0 Å². The zero-order valence-electron chi connectivity index (χ0n) is 13.2. The van der Waals surface area contributed by atoms with Crippen molar-refractivity contribution in [2.24, 2.45) is 7.05 Å². The number of aromatic nitrogens is 3. The summed E-state index contributed by atoms with van der Waals surface area (Å²) in [6.45, 7) is 0.0425. The fourth-order valence-electron chi connectivity index (χ4n) is 2.96. The molecule has 0 bridgehead atoms. The summed E-state index contributed by atoms with van der Waals surface area (Å²) in [5.74, 6) is -0.384. The predicted octanol–water partition coefficient (Wildman–Crippen LogP) is 0.817. The molecule has 0 aliphatic rings. The number of benzene rings is 1. The van der Waals surface area contributed by atoms with E-state index in [1.165, 1.54) is 22.1 Å². The van der Waals surface area contributed by atoms with E-state index in [0.717, 1.165) is 10.2 Å². The summed E-state index contributed by atoms with van der Waals surface area (Å²) < 4.78 is 17.9. The molecule has 3 aromatic heterocycles. The van der Waals surface area contributed by atoms with Crippen molar-refractivity contribution in [2.75, 3.05) is 0 Å². The molecule has 0 amide bonds. The van der Waals surface area contributed by atoms with E-state index in [4.69, 9.17) is 0 Å². The van der Waals surface area contributed by atoms with Gasteiger partial charge in [-0.25, -0.2) is 9.07 Å². The second-order valence-electron chi connectivity index (χ2n) is 5.76. The second-order valence-corrected chi connectivity index (χ2v) is 6.84. The Hall–Kier alpha value is -2.49. The zero-order chi connectivity index (χ0) is 17.7. The Morgan fingerprint density at radius 3 is 2.80 bits per heavy atom. The van der Waals surface area contributed by atoms with Crippen molar-refractivity contribution in [2.45, 2.75) is 6.54 Å². The maximum Gasteiger partial charge on any atom is 0.499 e. The Balaban J connectivity index is 1.90. The van der Waals surface area contributed by atoms with Gasteiger partial charge >= 0.3 is 7.12 Å². The van der Waals surface area contributed by atoms with Gasteiger partial charge in [0.05, 0.1) is 23.0 Å². The number of halogens is 1. The molecule has 3 heterocycles. The monoisotopic (exact) mass is 357 g/mol. The van der Waals surface area contributed by atoms with Crippen LogP contribution in [0, 0.1) is 5.82 Å². The molecule has 1 aromatic carbocycles. The number of thiophene rings is 1. The van der Waals surface area contributed by atoms with Gasteiger partial charge in [-0.15, -0.1) is 11.3 Å². The highest BCUT2D eigenvalue weighted by Gasteiger charge is 2.21. The molecule has 0 aliphatic carbocycles. The number of nitrogens with zero attached hydrogens (tertiary/aromatic N) is 3. The maximum absolute atomic E-state index is 13.8. The lowest BCUT2D eigenvalue weighted by Gasteiger charge is -2.06. The molecule has 0 radical (unpaired) electrons. The van der Waals surface area contributed by atoms with Gasteiger partial charge in [-0.2, -0.15) is 5.10 Å². The average Bonchev–Trinajstić information content (AvgIpc) is 3.12. The van der Waals surface area contributed by atoms with Crippen LogP contribution in [0.3, 0.4) is 0 Å². The van der Waals surface area contributed by atoms with E-state index in [2.05, 4.69) is 5.10 Å². The van der Waals surface area contributed by atoms with Crippen molar-refractivity contribution in [1.82, 2.24) is 14.3 Å². The lowest BCUT2D eigenvalue weighted by molar-refractivity contribution is 0.427. The summed E-state index contributed by atoms with van der Waals surface area (Å²) in [5, 5.41) is 23.5. The summed E-state index contributed by atoms with van der Waals surface area (Å²) in [4.78, 5) is 12.8. The molecule has 25 heavy (non-hydrogen) atoms.